The van der Waals surface area contributed by atoms with E-state index in [9.17, 15) is 4.39 Å². The van der Waals surface area contributed by atoms with Crippen molar-refractivity contribution in [1.82, 2.24) is 20.0 Å². The zero-order chi connectivity index (χ0) is 20.3. The minimum absolute atomic E-state index is 0. The van der Waals surface area contributed by atoms with Gasteiger partial charge in [-0.1, -0.05) is 12.1 Å². The third-order valence-electron chi connectivity index (χ3n) is 5.33. The molecule has 1 N–H and O–H groups in total. The number of nitrogens with one attached hydrogen (secondary N) is 1. The van der Waals surface area contributed by atoms with Gasteiger partial charge >= 0.3 is 0 Å². The molecule has 1 aromatic heterocycles. The van der Waals surface area contributed by atoms with Gasteiger partial charge < -0.3 is 15.0 Å². The van der Waals surface area contributed by atoms with Crippen LogP contribution in [0.3, 0.4) is 0 Å². The summed E-state index contributed by atoms with van der Waals surface area (Å²) in [5.41, 5.74) is 4.54. The van der Waals surface area contributed by atoms with Crippen LogP contribution in [0.1, 0.15) is 35.5 Å². The highest BCUT2D eigenvalue weighted by Crippen LogP contribution is 2.25. The number of halogens is 2. The Morgan fingerprint density at radius 2 is 1.97 bits per heavy atom. The lowest BCUT2D eigenvalue weighted by molar-refractivity contribution is -0.0604. The van der Waals surface area contributed by atoms with Gasteiger partial charge in [0.2, 0.25) is 0 Å². The lowest BCUT2D eigenvalue weighted by Crippen LogP contribution is -2.51. The maximum atomic E-state index is 13.2. The van der Waals surface area contributed by atoms with E-state index in [1.807, 2.05) is 18.7 Å². The number of guanidine groups is 1. The first-order valence-corrected chi connectivity index (χ1v) is 9.74. The quantitative estimate of drug-likeness (QED) is 0.386. The van der Waals surface area contributed by atoms with Gasteiger partial charge in [-0.15, -0.1) is 24.0 Å². The van der Waals surface area contributed by atoms with E-state index in [-0.39, 0.29) is 42.0 Å². The summed E-state index contributed by atoms with van der Waals surface area (Å²) in [6, 6.07) is 6.54. The van der Waals surface area contributed by atoms with Gasteiger partial charge in [0.05, 0.1) is 18.3 Å². The first kappa shape index (κ1) is 23.6. The molecule has 29 heavy (non-hydrogen) atoms. The van der Waals surface area contributed by atoms with Crippen LogP contribution in [0.25, 0.3) is 0 Å². The Hall–Kier alpha value is -1.68. The first-order chi connectivity index (χ1) is 13.4. The number of aromatic nitrogens is 2. The van der Waals surface area contributed by atoms with E-state index in [4.69, 9.17) is 4.74 Å². The summed E-state index contributed by atoms with van der Waals surface area (Å²) in [4.78, 5) is 6.68. The molecule has 0 aliphatic carbocycles. The molecule has 2 atom stereocenters. The van der Waals surface area contributed by atoms with Crippen LogP contribution in [0, 0.1) is 19.7 Å². The number of aryl methyl sites for hydroxylation is 2. The smallest absolute Gasteiger partial charge is 0.193 e. The second-order valence-corrected chi connectivity index (χ2v) is 7.39. The third kappa shape index (κ3) is 5.69. The number of rotatable bonds is 4. The van der Waals surface area contributed by atoms with E-state index in [0.717, 1.165) is 36.7 Å². The third-order valence-corrected chi connectivity index (χ3v) is 5.33. The van der Waals surface area contributed by atoms with Gasteiger partial charge in [-0.25, -0.2) is 4.39 Å². The lowest BCUT2D eigenvalue weighted by atomic mass is 10.1. The van der Waals surface area contributed by atoms with Gasteiger partial charge in [0.15, 0.2) is 5.96 Å². The standard InChI is InChI=1S/C21H30FN5O.HI/c1-14-12-27(13-20(28-14)17-6-8-18(22)9-7-17)21(23-4)24-11-10-19-15(2)25-26(5)16(19)3;/h6-9,14,20H,10-13H2,1-5H3,(H,23,24);1H. The molecule has 3 rings (SSSR count). The van der Waals surface area contributed by atoms with Gasteiger partial charge in [-0.3, -0.25) is 9.67 Å². The number of aliphatic imine (C=N–C) groups is 1. The Labute approximate surface area is 189 Å². The fourth-order valence-corrected chi connectivity index (χ4v) is 3.80. The fourth-order valence-electron chi connectivity index (χ4n) is 3.80. The molecule has 8 heteroatoms. The number of morpholine rings is 1. The van der Waals surface area contributed by atoms with Crippen molar-refractivity contribution in [3.63, 3.8) is 0 Å². The van der Waals surface area contributed by atoms with Gasteiger partial charge in [0.25, 0.3) is 0 Å². The number of hydrogen-bond donors (Lipinski definition) is 1. The second kappa shape index (κ2) is 10.4. The van der Waals surface area contributed by atoms with E-state index < -0.39 is 0 Å². The SMILES string of the molecule is CN=C(NCCc1c(C)nn(C)c1C)N1CC(C)OC(c2ccc(F)cc2)C1.I. The molecule has 2 aromatic rings. The van der Waals surface area contributed by atoms with Gasteiger partial charge in [-0.2, -0.15) is 5.10 Å². The van der Waals surface area contributed by atoms with Crippen molar-refractivity contribution >= 4 is 29.9 Å². The molecule has 1 saturated heterocycles. The van der Waals surface area contributed by atoms with Gasteiger partial charge in [-0.05, 0) is 50.5 Å². The van der Waals surface area contributed by atoms with Crippen LogP contribution in [0.2, 0.25) is 0 Å². The summed E-state index contributed by atoms with van der Waals surface area (Å²) < 4.78 is 21.3. The molecular formula is C21H31FIN5O. The van der Waals surface area contributed by atoms with E-state index in [0.29, 0.717) is 6.54 Å². The average molecular weight is 515 g/mol. The second-order valence-electron chi connectivity index (χ2n) is 7.39. The van der Waals surface area contributed by atoms with Crippen molar-refractivity contribution in [3.05, 3.63) is 52.6 Å². The van der Waals surface area contributed by atoms with E-state index in [1.54, 1.807) is 19.2 Å². The molecule has 0 spiro atoms. The lowest BCUT2D eigenvalue weighted by Gasteiger charge is -2.38. The first-order valence-electron chi connectivity index (χ1n) is 9.74. The topological polar surface area (TPSA) is 54.7 Å². The Kier molecular flexibility index (Phi) is 8.45. The van der Waals surface area contributed by atoms with Crippen molar-refractivity contribution in [2.24, 2.45) is 12.0 Å². The van der Waals surface area contributed by atoms with Crippen molar-refractivity contribution in [1.29, 1.82) is 0 Å². The fraction of sp³-hybridized carbons (Fsp3) is 0.524. The maximum absolute atomic E-state index is 13.2. The molecule has 1 aliphatic rings. The molecule has 2 heterocycles. The molecule has 0 saturated carbocycles. The highest BCUT2D eigenvalue weighted by molar-refractivity contribution is 14.0. The van der Waals surface area contributed by atoms with Crippen LogP contribution in [-0.4, -0.2) is 53.4 Å². The number of hydrogen-bond acceptors (Lipinski definition) is 3. The molecule has 160 valence electrons. The number of nitrogens with zero attached hydrogens (tertiary/aromatic N) is 4. The average Bonchev–Trinajstić information content (AvgIpc) is 2.91. The highest BCUT2D eigenvalue weighted by Gasteiger charge is 2.28. The van der Waals surface area contributed by atoms with Crippen LogP contribution in [0.5, 0.6) is 0 Å². The summed E-state index contributed by atoms with van der Waals surface area (Å²) in [7, 11) is 3.78. The molecule has 1 fully saturated rings. The van der Waals surface area contributed by atoms with Crippen LogP contribution >= 0.6 is 24.0 Å². The summed E-state index contributed by atoms with van der Waals surface area (Å²) in [5.74, 6) is 0.629. The molecule has 0 amide bonds. The van der Waals surface area contributed by atoms with Crippen molar-refractivity contribution in [2.45, 2.75) is 39.4 Å². The van der Waals surface area contributed by atoms with Crippen molar-refractivity contribution in [2.75, 3.05) is 26.7 Å². The molecule has 1 aromatic carbocycles. The predicted octanol–water partition coefficient (Wildman–Crippen LogP) is 3.37. The molecule has 0 radical (unpaired) electrons. The Bertz CT molecular complexity index is 836. The summed E-state index contributed by atoms with van der Waals surface area (Å²) in [6.45, 7) is 8.43. The summed E-state index contributed by atoms with van der Waals surface area (Å²) >= 11 is 0. The Morgan fingerprint density at radius 3 is 2.55 bits per heavy atom. The minimum Gasteiger partial charge on any atom is -0.367 e. The number of ether oxygens (including phenoxy) is 1. The van der Waals surface area contributed by atoms with Crippen molar-refractivity contribution < 1.29 is 9.13 Å². The van der Waals surface area contributed by atoms with Crippen LogP contribution in [0.4, 0.5) is 4.39 Å². The summed E-state index contributed by atoms with van der Waals surface area (Å²) in [5, 5.41) is 7.96. The molecule has 6 nitrogen and oxygen atoms in total. The Morgan fingerprint density at radius 1 is 1.28 bits per heavy atom. The molecule has 0 bridgehead atoms. The zero-order valence-electron chi connectivity index (χ0n) is 17.8. The molecular weight excluding hydrogens is 484 g/mol. The van der Waals surface area contributed by atoms with E-state index >= 15 is 0 Å². The van der Waals surface area contributed by atoms with Crippen LogP contribution in [-0.2, 0) is 18.2 Å². The highest BCUT2D eigenvalue weighted by atomic mass is 127. The predicted molar refractivity (Wildman–Crippen MR) is 124 cm³/mol. The van der Waals surface area contributed by atoms with Crippen LogP contribution < -0.4 is 5.32 Å². The zero-order valence-corrected chi connectivity index (χ0v) is 20.1. The van der Waals surface area contributed by atoms with Gasteiger partial charge in [0, 0.05) is 32.9 Å². The van der Waals surface area contributed by atoms with Crippen molar-refractivity contribution in [3.8, 4) is 0 Å². The minimum atomic E-state index is -0.233. The maximum Gasteiger partial charge on any atom is 0.193 e. The van der Waals surface area contributed by atoms with E-state index in [2.05, 4.69) is 34.2 Å². The van der Waals surface area contributed by atoms with Crippen LogP contribution in [0.15, 0.2) is 29.3 Å². The largest absolute Gasteiger partial charge is 0.367 e. The molecule has 2 unspecified atom stereocenters. The molecule has 1 aliphatic heterocycles. The normalized spacial score (nSPS) is 19.8. The summed E-state index contributed by atoms with van der Waals surface area (Å²) in [6.07, 6.45) is 0.849. The van der Waals surface area contributed by atoms with Gasteiger partial charge in [0.1, 0.15) is 11.9 Å². The monoisotopic (exact) mass is 515 g/mol. The Balaban J connectivity index is 0.00000300. The number of benzene rings is 1. The van der Waals surface area contributed by atoms with E-state index in [1.165, 1.54) is 23.4 Å².